The third-order valence-corrected chi connectivity index (χ3v) is 4.22. The third-order valence-electron chi connectivity index (χ3n) is 3.85. The van der Waals surface area contributed by atoms with Crippen LogP contribution in [0.25, 0.3) is 0 Å². The Hall–Kier alpha value is -3.40. The van der Waals surface area contributed by atoms with Gasteiger partial charge in [0.05, 0.1) is 18.9 Å². The second-order valence-electron chi connectivity index (χ2n) is 6.51. The van der Waals surface area contributed by atoms with E-state index in [-0.39, 0.29) is 12.2 Å². The summed E-state index contributed by atoms with van der Waals surface area (Å²) in [4.78, 5) is 80.8. The lowest BCUT2D eigenvalue weighted by atomic mass is 10.1. The van der Waals surface area contributed by atoms with E-state index in [1.165, 1.54) is 0 Å². The Labute approximate surface area is 186 Å². The highest BCUT2D eigenvalue weighted by molar-refractivity contribution is 7.80. The van der Waals surface area contributed by atoms with Crippen molar-refractivity contribution in [3.8, 4) is 0 Å². The molecule has 4 amide bonds. The summed E-state index contributed by atoms with van der Waals surface area (Å²) in [7, 11) is 0. The van der Waals surface area contributed by atoms with Crippen LogP contribution in [0.1, 0.15) is 25.7 Å². The molecule has 16 heteroatoms. The molecule has 4 unspecified atom stereocenters. The van der Waals surface area contributed by atoms with Gasteiger partial charge in [-0.15, -0.1) is 0 Å². The lowest BCUT2D eigenvalue weighted by Gasteiger charge is -2.24. The highest BCUT2D eigenvalue weighted by atomic mass is 32.1. The van der Waals surface area contributed by atoms with E-state index in [9.17, 15) is 33.6 Å². The van der Waals surface area contributed by atoms with Gasteiger partial charge in [-0.05, 0) is 6.42 Å². The molecule has 0 aromatic heterocycles. The molecule has 0 rings (SSSR count). The van der Waals surface area contributed by atoms with Gasteiger partial charge in [-0.3, -0.25) is 28.8 Å². The Bertz CT molecular complexity index is 761. The van der Waals surface area contributed by atoms with Crippen LogP contribution in [0, 0.1) is 0 Å². The summed E-state index contributed by atoms with van der Waals surface area (Å²) in [5, 5.41) is 32.9. The zero-order chi connectivity index (χ0) is 25.0. The maximum atomic E-state index is 12.5. The average Bonchev–Trinajstić information content (AvgIpc) is 2.66. The van der Waals surface area contributed by atoms with Crippen molar-refractivity contribution in [2.45, 2.75) is 49.9 Å². The topological polar surface area (TPSA) is 268 Å². The van der Waals surface area contributed by atoms with Crippen LogP contribution < -0.4 is 27.4 Å². The van der Waals surface area contributed by atoms with Gasteiger partial charge in [0.2, 0.25) is 23.6 Å². The van der Waals surface area contributed by atoms with Crippen molar-refractivity contribution in [3.05, 3.63) is 0 Å². The van der Waals surface area contributed by atoms with Crippen LogP contribution in [0.5, 0.6) is 0 Å². The van der Waals surface area contributed by atoms with Crippen LogP contribution in [-0.4, -0.2) is 86.8 Å². The smallest absolute Gasteiger partial charge is 0.327 e. The van der Waals surface area contributed by atoms with Crippen LogP contribution in [0.3, 0.4) is 0 Å². The van der Waals surface area contributed by atoms with Crippen molar-refractivity contribution in [1.82, 2.24) is 16.0 Å². The number of thiol groups is 1. The molecule has 0 saturated heterocycles. The van der Waals surface area contributed by atoms with Crippen LogP contribution in [0.2, 0.25) is 0 Å². The van der Waals surface area contributed by atoms with Crippen LogP contribution in [0.15, 0.2) is 0 Å². The van der Waals surface area contributed by atoms with Gasteiger partial charge in [0.1, 0.15) is 18.1 Å². The summed E-state index contributed by atoms with van der Waals surface area (Å²) in [6.07, 6.45) is -2.50. The maximum absolute atomic E-state index is 12.5. The standard InChI is InChI=1S/C16H25N5O10S/c17-6(3-11(23)24)13(27)20-8(4-12(25)26)15(29)19-7(1-2-10(18)22)14(28)21-9(5-32)16(30)31/h6-9,32H,1-5,17H2,(H2,18,22)(H,19,29)(H,20,27)(H,21,28)(H,23,24)(H,25,26)(H,30,31). The summed E-state index contributed by atoms with van der Waals surface area (Å²) in [6, 6.07) is -6.29. The number of nitrogens with two attached hydrogens (primary N) is 2. The quantitative estimate of drug-likeness (QED) is 0.102. The number of carbonyl (C=O) groups is 7. The highest BCUT2D eigenvalue weighted by Crippen LogP contribution is 2.03. The van der Waals surface area contributed by atoms with Crippen LogP contribution in [0.4, 0.5) is 0 Å². The minimum Gasteiger partial charge on any atom is -0.481 e. The first-order valence-electron chi connectivity index (χ1n) is 9.00. The molecule has 0 aliphatic carbocycles. The lowest BCUT2D eigenvalue weighted by Crippen LogP contribution is -2.57. The number of aliphatic carboxylic acids is 3. The van der Waals surface area contributed by atoms with Gasteiger partial charge in [0.25, 0.3) is 0 Å². The number of nitrogens with one attached hydrogen (secondary N) is 3. The number of carboxylic acids is 3. The van der Waals surface area contributed by atoms with Crippen molar-refractivity contribution in [1.29, 1.82) is 0 Å². The number of hydrogen-bond donors (Lipinski definition) is 9. The molecule has 180 valence electrons. The first-order chi connectivity index (χ1) is 14.8. The molecule has 0 aliphatic heterocycles. The molecule has 0 spiro atoms. The first-order valence-corrected chi connectivity index (χ1v) is 9.63. The molecule has 32 heavy (non-hydrogen) atoms. The predicted molar refractivity (Wildman–Crippen MR) is 108 cm³/mol. The SMILES string of the molecule is NC(=O)CCC(NC(=O)C(CC(=O)O)NC(=O)C(N)CC(=O)O)C(=O)NC(CS)C(=O)O. The van der Waals surface area contributed by atoms with Crippen LogP contribution in [-0.2, 0) is 33.6 Å². The second-order valence-corrected chi connectivity index (χ2v) is 6.88. The summed E-state index contributed by atoms with van der Waals surface area (Å²) < 4.78 is 0. The van der Waals surface area contributed by atoms with E-state index in [0.717, 1.165) is 0 Å². The lowest BCUT2D eigenvalue weighted by molar-refractivity contribution is -0.143. The fourth-order valence-corrected chi connectivity index (χ4v) is 2.48. The first kappa shape index (κ1) is 28.6. The molecule has 4 atom stereocenters. The van der Waals surface area contributed by atoms with E-state index in [0.29, 0.717) is 0 Å². The maximum Gasteiger partial charge on any atom is 0.327 e. The summed E-state index contributed by atoms with van der Waals surface area (Å²) in [5.41, 5.74) is 10.4. The Morgan fingerprint density at radius 1 is 0.750 bits per heavy atom. The zero-order valence-electron chi connectivity index (χ0n) is 16.6. The monoisotopic (exact) mass is 479 g/mol. The molecular formula is C16H25N5O10S. The Kier molecular flexibility index (Phi) is 12.3. The van der Waals surface area contributed by atoms with Crippen molar-refractivity contribution >= 4 is 54.2 Å². The average molecular weight is 479 g/mol. The fraction of sp³-hybridized carbons (Fsp3) is 0.562. The molecule has 0 aromatic rings. The van der Waals surface area contributed by atoms with Crippen molar-refractivity contribution < 1.29 is 48.9 Å². The number of rotatable bonds is 15. The van der Waals surface area contributed by atoms with Crippen molar-refractivity contribution in [2.75, 3.05) is 5.75 Å². The largest absolute Gasteiger partial charge is 0.481 e. The minimum absolute atomic E-state index is 0.295. The molecule has 0 fully saturated rings. The zero-order valence-corrected chi connectivity index (χ0v) is 17.5. The number of amides is 4. The molecule has 0 bridgehead atoms. The fourth-order valence-electron chi connectivity index (χ4n) is 2.23. The van der Waals surface area contributed by atoms with E-state index in [2.05, 4.69) is 23.3 Å². The van der Waals surface area contributed by atoms with Gasteiger partial charge in [0, 0.05) is 12.2 Å². The molecule has 10 N–H and O–H groups in total. The number of carboxylic acid groups (broad SMARTS) is 3. The van der Waals surface area contributed by atoms with Gasteiger partial charge in [0.15, 0.2) is 0 Å². The molecule has 0 heterocycles. The van der Waals surface area contributed by atoms with Gasteiger partial charge in [-0.1, -0.05) is 0 Å². The molecule has 0 saturated carbocycles. The third kappa shape index (κ3) is 11.1. The summed E-state index contributed by atoms with van der Waals surface area (Å²) in [5.74, 6) is -8.81. The molecular weight excluding hydrogens is 454 g/mol. The highest BCUT2D eigenvalue weighted by Gasteiger charge is 2.31. The summed E-state index contributed by atoms with van der Waals surface area (Å²) in [6.45, 7) is 0. The predicted octanol–water partition coefficient (Wildman–Crippen LogP) is -4.00. The number of carbonyl (C=O) groups excluding carboxylic acids is 4. The Morgan fingerprint density at radius 2 is 1.22 bits per heavy atom. The summed E-state index contributed by atoms with van der Waals surface area (Å²) >= 11 is 3.78. The number of primary amides is 1. The number of hydrogen-bond acceptors (Lipinski definition) is 9. The molecule has 0 aliphatic rings. The van der Waals surface area contributed by atoms with Crippen LogP contribution >= 0.6 is 12.6 Å². The van der Waals surface area contributed by atoms with Gasteiger partial charge in [-0.25, -0.2) is 4.79 Å². The van der Waals surface area contributed by atoms with E-state index < -0.39 is 85.0 Å². The van der Waals surface area contributed by atoms with E-state index in [1.807, 2.05) is 5.32 Å². The van der Waals surface area contributed by atoms with E-state index in [4.69, 9.17) is 26.8 Å². The minimum atomic E-state index is -1.76. The molecule has 0 aromatic carbocycles. The molecule has 15 nitrogen and oxygen atoms in total. The Morgan fingerprint density at radius 3 is 1.66 bits per heavy atom. The van der Waals surface area contributed by atoms with Crippen molar-refractivity contribution in [3.63, 3.8) is 0 Å². The van der Waals surface area contributed by atoms with E-state index >= 15 is 0 Å². The van der Waals surface area contributed by atoms with Gasteiger partial charge >= 0.3 is 17.9 Å². The normalized spacial score (nSPS) is 14.2. The van der Waals surface area contributed by atoms with E-state index in [1.54, 1.807) is 0 Å². The van der Waals surface area contributed by atoms with Gasteiger partial charge in [-0.2, -0.15) is 12.6 Å². The molecule has 0 radical (unpaired) electrons. The Balaban J connectivity index is 5.51. The second kappa shape index (κ2) is 13.8. The van der Waals surface area contributed by atoms with Gasteiger partial charge < -0.3 is 42.7 Å². The van der Waals surface area contributed by atoms with Crippen molar-refractivity contribution in [2.24, 2.45) is 11.5 Å².